The van der Waals surface area contributed by atoms with Gasteiger partial charge in [-0.2, -0.15) is 0 Å². The molecule has 1 atom stereocenters. The van der Waals surface area contributed by atoms with Crippen LogP contribution in [-0.4, -0.2) is 29.4 Å². The van der Waals surface area contributed by atoms with Crippen LogP contribution in [0.3, 0.4) is 0 Å². The minimum atomic E-state index is -0.266. The lowest BCUT2D eigenvalue weighted by Crippen LogP contribution is -2.34. The van der Waals surface area contributed by atoms with Gasteiger partial charge in [0.25, 0.3) is 0 Å². The summed E-state index contributed by atoms with van der Waals surface area (Å²) in [4.78, 5) is 18.5. The maximum atomic E-state index is 13.4. The van der Waals surface area contributed by atoms with Crippen LogP contribution in [-0.2, 0) is 17.8 Å². The van der Waals surface area contributed by atoms with Gasteiger partial charge in [0.1, 0.15) is 11.6 Å². The van der Waals surface area contributed by atoms with E-state index < -0.39 is 0 Å². The predicted molar refractivity (Wildman–Crippen MR) is 128 cm³/mol. The van der Waals surface area contributed by atoms with Gasteiger partial charge >= 0.3 is 0 Å². The standard InChI is InChI=1S/C27H35FN2O2/c1-19(16-27(2,3)4)14-26(31)30(18-20-6-8-22(28)9-7-20)13-12-21-17-29-25-11-10-23(32-5)15-24(21)25/h6-11,15,17,19,29H,12-14,16,18H2,1-5H3. The number of methoxy groups -OCH3 is 1. The number of rotatable bonds is 9. The summed E-state index contributed by atoms with van der Waals surface area (Å²) >= 11 is 0. The summed E-state index contributed by atoms with van der Waals surface area (Å²) in [5, 5.41) is 1.11. The average Bonchev–Trinajstić information content (AvgIpc) is 3.13. The molecule has 0 saturated carbocycles. The number of carbonyl (C=O) groups excluding carboxylic acids is 1. The Morgan fingerprint density at radius 1 is 1.16 bits per heavy atom. The zero-order valence-electron chi connectivity index (χ0n) is 19.9. The number of aromatic nitrogens is 1. The first-order valence-electron chi connectivity index (χ1n) is 11.3. The Balaban J connectivity index is 1.75. The summed E-state index contributed by atoms with van der Waals surface area (Å²) in [7, 11) is 1.66. The fourth-order valence-corrected chi connectivity index (χ4v) is 4.39. The Morgan fingerprint density at radius 3 is 2.53 bits per heavy atom. The van der Waals surface area contributed by atoms with Crippen LogP contribution < -0.4 is 4.74 Å². The number of H-pyrrole nitrogens is 1. The molecule has 32 heavy (non-hydrogen) atoms. The van der Waals surface area contributed by atoms with Crippen LogP contribution in [0.25, 0.3) is 10.9 Å². The lowest BCUT2D eigenvalue weighted by molar-refractivity contribution is -0.132. The van der Waals surface area contributed by atoms with Crippen molar-refractivity contribution in [1.29, 1.82) is 0 Å². The van der Waals surface area contributed by atoms with Gasteiger partial charge in [0.15, 0.2) is 0 Å². The molecule has 1 heterocycles. The summed E-state index contributed by atoms with van der Waals surface area (Å²) in [6.07, 6.45) is 4.24. The second kappa shape index (κ2) is 10.2. The molecule has 0 aliphatic carbocycles. The molecule has 2 aromatic carbocycles. The van der Waals surface area contributed by atoms with Crippen molar-refractivity contribution in [2.24, 2.45) is 11.3 Å². The SMILES string of the molecule is COc1ccc2[nH]cc(CCN(Cc3ccc(F)cc3)C(=O)CC(C)CC(C)(C)C)c2c1. The molecule has 172 valence electrons. The van der Waals surface area contributed by atoms with Crippen LogP contribution in [0.1, 0.15) is 51.7 Å². The lowest BCUT2D eigenvalue weighted by Gasteiger charge is -2.27. The molecule has 0 spiro atoms. The van der Waals surface area contributed by atoms with E-state index in [0.29, 0.717) is 25.4 Å². The summed E-state index contributed by atoms with van der Waals surface area (Å²) in [5.41, 5.74) is 3.32. The van der Waals surface area contributed by atoms with Crippen molar-refractivity contribution in [1.82, 2.24) is 9.88 Å². The maximum Gasteiger partial charge on any atom is 0.223 e. The van der Waals surface area contributed by atoms with Gasteiger partial charge < -0.3 is 14.6 Å². The third-order valence-electron chi connectivity index (χ3n) is 5.75. The molecule has 0 fully saturated rings. The third-order valence-corrected chi connectivity index (χ3v) is 5.75. The molecular weight excluding hydrogens is 403 g/mol. The van der Waals surface area contributed by atoms with E-state index in [0.717, 1.165) is 40.6 Å². The van der Waals surface area contributed by atoms with Crippen molar-refractivity contribution in [3.63, 3.8) is 0 Å². The van der Waals surface area contributed by atoms with Crippen LogP contribution in [0.15, 0.2) is 48.7 Å². The molecule has 3 aromatic rings. The second-order valence-corrected chi connectivity index (χ2v) is 9.99. The number of carbonyl (C=O) groups is 1. The number of aromatic amines is 1. The first-order chi connectivity index (χ1) is 15.1. The van der Waals surface area contributed by atoms with E-state index in [4.69, 9.17) is 4.74 Å². The highest BCUT2D eigenvalue weighted by atomic mass is 19.1. The molecule has 0 saturated heterocycles. The van der Waals surface area contributed by atoms with Gasteiger partial charge in [-0.3, -0.25) is 4.79 Å². The van der Waals surface area contributed by atoms with Crippen LogP contribution in [0.5, 0.6) is 5.75 Å². The van der Waals surface area contributed by atoms with Crippen molar-refractivity contribution < 1.29 is 13.9 Å². The van der Waals surface area contributed by atoms with E-state index in [1.807, 2.05) is 29.3 Å². The van der Waals surface area contributed by atoms with Crippen LogP contribution in [0.2, 0.25) is 0 Å². The molecule has 5 heteroatoms. The molecule has 0 aliphatic heterocycles. The van der Waals surface area contributed by atoms with Crippen LogP contribution >= 0.6 is 0 Å². The highest BCUT2D eigenvalue weighted by molar-refractivity contribution is 5.84. The number of nitrogens with zero attached hydrogens (tertiary/aromatic N) is 1. The molecule has 1 aromatic heterocycles. The number of hydrogen-bond donors (Lipinski definition) is 1. The van der Waals surface area contributed by atoms with E-state index in [9.17, 15) is 9.18 Å². The van der Waals surface area contributed by atoms with Crippen molar-refractivity contribution in [2.45, 2.75) is 53.5 Å². The smallest absolute Gasteiger partial charge is 0.223 e. The minimum Gasteiger partial charge on any atom is -0.497 e. The fraction of sp³-hybridized carbons (Fsp3) is 0.444. The zero-order valence-corrected chi connectivity index (χ0v) is 19.9. The zero-order chi connectivity index (χ0) is 23.3. The monoisotopic (exact) mass is 438 g/mol. The highest BCUT2D eigenvalue weighted by Gasteiger charge is 2.21. The molecule has 0 bridgehead atoms. The Bertz CT molecular complexity index is 1030. The summed E-state index contributed by atoms with van der Waals surface area (Å²) in [6.45, 7) is 9.83. The summed E-state index contributed by atoms with van der Waals surface area (Å²) in [5.74, 6) is 0.992. The van der Waals surface area contributed by atoms with Crippen molar-refractivity contribution >= 4 is 16.8 Å². The van der Waals surface area contributed by atoms with E-state index >= 15 is 0 Å². The predicted octanol–water partition coefficient (Wildman–Crippen LogP) is 6.35. The van der Waals surface area contributed by atoms with Crippen molar-refractivity contribution in [2.75, 3.05) is 13.7 Å². The van der Waals surface area contributed by atoms with E-state index in [1.165, 1.54) is 12.1 Å². The number of nitrogens with one attached hydrogen (secondary N) is 1. The maximum absolute atomic E-state index is 13.4. The van der Waals surface area contributed by atoms with Gasteiger partial charge in [-0.25, -0.2) is 4.39 Å². The first kappa shape index (κ1) is 23.8. The molecular formula is C27H35FN2O2. The summed E-state index contributed by atoms with van der Waals surface area (Å²) in [6, 6.07) is 12.4. The van der Waals surface area contributed by atoms with Gasteiger partial charge in [0.05, 0.1) is 7.11 Å². The Hall–Kier alpha value is -2.82. The normalized spacial score (nSPS) is 12.7. The van der Waals surface area contributed by atoms with Gasteiger partial charge in [-0.05, 0) is 65.6 Å². The average molecular weight is 439 g/mol. The van der Waals surface area contributed by atoms with E-state index in [1.54, 1.807) is 19.2 Å². The second-order valence-electron chi connectivity index (χ2n) is 9.99. The minimum absolute atomic E-state index is 0.142. The molecule has 1 unspecified atom stereocenters. The molecule has 0 aliphatic rings. The Labute approximate surface area is 190 Å². The number of benzene rings is 2. The molecule has 3 rings (SSSR count). The number of hydrogen-bond acceptors (Lipinski definition) is 2. The number of amides is 1. The number of ether oxygens (including phenoxy) is 1. The van der Waals surface area contributed by atoms with Gasteiger partial charge in [0, 0.05) is 36.6 Å². The van der Waals surface area contributed by atoms with E-state index in [-0.39, 0.29) is 17.1 Å². The van der Waals surface area contributed by atoms with Gasteiger partial charge in [0.2, 0.25) is 5.91 Å². The summed E-state index contributed by atoms with van der Waals surface area (Å²) < 4.78 is 18.7. The van der Waals surface area contributed by atoms with Crippen molar-refractivity contribution in [3.05, 3.63) is 65.6 Å². The number of fused-ring (bicyclic) bond motifs is 1. The van der Waals surface area contributed by atoms with E-state index in [2.05, 4.69) is 32.7 Å². The molecule has 1 N–H and O–H groups in total. The largest absolute Gasteiger partial charge is 0.497 e. The highest BCUT2D eigenvalue weighted by Crippen LogP contribution is 2.27. The quantitative estimate of drug-likeness (QED) is 0.423. The van der Waals surface area contributed by atoms with Crippen LogP contribution in [0, 0.1) is 17.2 Å². The third kappa shape index (κ3) is 6.59. The first-order valence-corrected chi connectivity index (χ1v) is 11.3. The van der Waals surface area contributed by atoms with Crippen LogP contribution in [0.4, 0.5) is 4.39 Å². The molecule has 4 nitrogen and oxygen atoms in total. The topological polar surface area (TPSA) is 45.3 Å². The Morgan fingerprint density at radius 2 is 1.88 bits per heavy atom. The lowest BCUT2D eigenvalue weighted by atomic mass is 9.84. The number of halogens is 1. The van der Waals surface area contributed by atoms with Gasteiger partial charge in [-0.1, -0.05) is 39.8 Å². The van der Waals surface area contributed by atoms with Crippen molar-refractivity contribution in [3.8, 4) is 5.75 Å². The fourth-order valence-electron chi connectivity index (χ4n) is 4.39. The Kier molecular flexibility index (Phi) is 7.60. The van der Waals surface area contributed by atoms with Gasteiger partial charge in [-0.15, -0.1) is 0 Å². The molecule has 0 radical (unpaired) electrons. The molecule has 1 amide bonds.